The van der Waals surface area contributed by atoms with Crippen LogP contribution in [0, 0.1) is 11.8 Å². The number of aliphatic hydroxyl groups excluding tert-OH is 1. The van der Waals surface area contributed by atoms with Gasteiger partial charge in [-0.15, -0.1) is 0 Å². The van der Waals surface area contributed by atoms with Crippen LogP contribution in [0.4, 0.5) is 0 Å². The van der Waals surface area contributed by atoms with E-state index in [9.17, 15) is 4.79 Å². The first kappa shape index (κ1) is 16.2. The zero-order chi connectivity index (χ0) is 15.0. The van der Waals surface area contributed by atoms with Crippen LogP contribution in [0.2, 0.25) is 0 Å². The molecule has 0 aliphatic rings. The van der Waals surface area contributed by atoms with E-state index in [4.69, 9.17) is 5.11 Å². The Bertz CT molecular complexity index is 503. The Morgan fingerprint density at radius 2 is 2.30 bits per heavy atom. The summed E-state index contributed by atoms with van der Waals surface area (Å²) in [5.41, 5.74) is 1.00. The van der Waals surface area contributed by atoms with E-state index in [1.807, 2.05) is 7.05 Å². The van der Waals surface area contributed by atoms with Crippen molar-refractivity contribution < 1.29 is 9.90 Å². The van der Waals surface area contributed by atoms with Gasteiger partial charge in [-0.1, -0.05) is 11.8 Å². The Hall–Kier alpha value is -1.90. The number of likely N-dealkylation sites (N-methyl/N-ethyl adjacent to an activating group) is 1. The zero-order valence-corrected chi connectivity index (χ0v) is 12.2. The molecule has 0 aliphatic carbocycles. The topological polar surface area (TPSA) is 65.5 Å². The second-order valence-electron chi connectivity index (χ2n) is 4.71. The molecule has 20 heavy (non-hydrogen) atoms. The van der Waals surface area contributed by atoms with Gasteiger partial charge in [-0.05, 0) is 27.0 Å². The molecular formula is C15H21N3O2. The van der Waals surface area contributed by atoms with Gasteiger partial charge in [0.2, 0.25) is 0 Å². The lowest BCUT2D eigenvalue weighted by Crippen LogP contribution is -2.36. The Labute approximate surface area is 120 Å². The minimum Gasteiger partial charge on any atom is -0.384 e. The minimum atomic E-state index is -0.241. The third-order valence-electron chi connectivity index (χ3n) is 3.00. The number of amides is 1. The quantitative estimate of drug-likeness (QED) is 0.768. The lowest BCUT2D eigenvalue weighted by atomic mass is 10.1. The Morgan fingerprint density at radius 3 is 2.95 bits per heavy atom. The van der Waals surface area contributed by atoms with Crippen LogP contribution in [0.1, 0.15) is 29.8 Å². The predicted octanol–water partition coefficient (Wildman–Crippen LogP) is 0.495. The van der Waals surface area contributed by atoms with Crippen molar-refractivity contribution in [2.45, 2.75) is 19.9 Å². The molecule has 0 radical (unpaired) electrons. The van der Waals surface area contributed by atoms with Crippen molar-refractivity contribution in [2.75, 3.05) is 26.7 Å². The molecule has 5 nitrogen and oxygen atoms in total. The highest BCUT2D eigenvalue weighted by Crippen LogP contribution is 2.05. The summed E-state index contributed by atoms with van der Waals surface area (Å²) in [5, 5.41) is 11.6. The number of nitrogens with one attached hydrogen (secondary N) is 1. The van der Waals surface area contributed by atoms with Gasteiger partial charge in [-0.3, -0.25) is 9.78 Å². The second kappa shape index (κ2) is 8.31. The molecule has 0 spiro atoms. The van der Waals surface area contributed by atoms with Gasteiger partial charge in [-0.2, -0.15) is 0 Å². The Morgan fingerprint density at radius 1 is 1.55 bits per heavy atom. The lowest BCUT2D eigenvalue weighted by molar-refractivity contribution is 0.0947. The van der Waals surface area contributed by atoms with Crippen LogP contribution in [0.15, 0.2) is 18.5 Å². The largest absolute Gasteiger partial charge is 0.384 e. The van der Waals surface area contributed by atoms with Crippen LogP contribution in [0.3, 0.4) is 0 Å². The van der Waals surface area contributed by atoms with Crippen molar-refractivity contribution in [3.63, 3.8) is 0 Å². The van der Waals surface area contributed by atoms with Crippen molar-refractivity contribution >= 4 is 5.91 Å². The fourth-order valence-corrected chi connectivity index (χ4v) is 1.53. The molecule has 0 saturated carbocycles. The number of carbonyl (C=O) groups excluding carboxylic acids is 1. The molecule has 1 amide bonds. The summed E-state index contributed by atoms with van der Waals surface area (Å²) in [6, 6.07) is 2.07. The fraction of sp³-hybridized carbons (Fsp3) is 0.467. The van der Waals surface area contributed by atoms with E-state index in [-0.39, 0.29) is 12.5 Å². The average Bonchev–Trinajstić information content (AvgIpc) is 2.45. The molecule has 0 fully saturated rings. The second-order valence-corrected chi connectivity index (χ2v) is 4.71. The molecule has 1 heterocycles. The number of carbonyl (C=O) groups is 1. The Balaban J connectivity index is 2.64. The molecule has 0 atom stereocenters. The molecule has 0 bridgehead atoms. The van der Waals surface area contributed by atoms with E-state index in [2.05, 4.69) is 40.9 Å². The minimum absolute atomic E-state index is 0.174. The molecule has 0 unspecified atom stereocenters. The van der Waals surface area contributed by atoms with Gasteiger partial charge in [-0.25, -0.2) is 0 Å². The molecule has 5 heteroatoms. The zero-order valence-electron chi connectivity index (χ0n) is 12.2. The summed E-state index contributed by atoms with van der Waals surface area (Å²) < 4.78 is 0. The maximum atomic E-state index is 12.1. The van der Waals surface area contributed by atoms with E-state index in [0.29, 0.717) is 23.7 Å². The first-order valence-corrected chi connectivity index (χ1v) is 6.58. The van der Waals surface area contributed by atoms with E-state index in [1.165, 1.54) is 6.20 Å². The van der Waals surface area contributed by atoms with E-state index >= 15 is 0 Å². The predicted molar refractivity (Wildman–Crippen MR) is 78.3 cm³/mol. The third kappa shape index (κ3) is 5.00. The fourth-order valence-electron chi connectivity index (χ4n) is 1.53. The summed E-state index contributed by atoms with van der Waals surface area (Å²) in [7, 11) is 2.02. The highest BCUT2D eigenvalue weighted by molar-refractivity contribution is 5.96. The molecule has 2 N–H and O–H groups in total. The van der Waals surface area contributed by atoms with Gasteiger partial charge in [0.1, 0.15) is 6.61 Å². The van der Waals surface area contributed by atoms with E-state index < -0.39 is 0 Å². The van der Waals surface area contributed by atoms with Crippen molar-refractivity contribution in [1.29, 1.82) is 0 Å². The molecule has 0 aliphatic heterocycles. The van der Waals surface area contributed by atoms with Crippen molar-refractivity contribution in [3.8, 4) is 11.8 Å². The highest BCUT2D eigenvalue weighted by Gasteiger charge is 2.10. The van der Waals surface area contributed by atoms with Crippen LogP contribution in [-0.2, 0) is 0 Å². The molecular weight excluding hydrogens is 254 g/mol. The number of hydrogen-bond donors (Lipinski definition) is 2. The van der Waals surface area contributed by atoms with Crippen LogP contribution < -0.4 is 5.32 Å². The summed E-state index contributed by atoms with van der Waals surface area (Å²) in [4.78, 5) is 18.2. The number of nitrogens with zero attached hydrogens (tertiary/aromatic N) is 2. The molecule has 1 aromatic heterocycles. The number of hydrogen-bond acceptors (Lipinski definition) is 4. The molecule has 0 saturated heterocycles. The van der Waals surface area contributed by atoms with Gasteiger partial charge in [0.05, 0.1) is 11.1 Å². The SMILES string of the molecule is CC(C)N(C)CCNC(=O)c1ccncc1C#CCO. The van der Waals surface area contributed by atoms with Gasteiger partial charge >= 0.3 is 0 Å². The summed E-state index contributed by atoms with van der Waals surface area (Å²) in [5.74, 6) is 5.08. The van der Waals surface area contributed by atoms with Crippen molar-refractivity contribution in [3.05, 3.63) is 29.6 Å². The standard InChI is InChI=1S/C15H21N3O2/c1-12(2)18(3)9-8-17-15(20)14-6-7-16-11-13(14)5-4-10-19/h6-7,11-12,19H,8-10H2,1-3H3,(H,17,20). The summed E-state index contributed by atoms with van der Waals surface area (Å²) >= 11 is 0. The van der Waals surface area contributed by atoms with Crippen LogP contribution in [0.25, 0.3) is 0 Å². The average molecular weight is 275 g/mol. The van der Waals surface area contributed by atoms with Crippen LogP contribution >= 0.6 is 0 Å². The van der Waals surface area contributed by atoms with Gasteiger partial charge < -0.3 is 15.3 Å². The van der Waals surface area contributed by atoms with Crippen LogP contribution in [0.5, 0.6) is 0 Å². The van der Waals surface area contributed by atoms with Crippen LogP contribution in [-0.4, -0.2) is 53.7 Å². The maximum absolute atomic E-state index is 12.1. The number of aromatic nitrogens is 1. The monoisotopic (exact) mass is 275 g/mol. The van der Waals surface area contributed by atoms with Gasteiger partial charge in [0.15, 0.2) is 0 Å². The van der Waals surface area contributed by atoms with Crippen molar-refractivity contribution in [2.24, 2.45) is 0 Å². The number of rotatable bonds is 5. The lowest BCUT2D eigenvalue weighted by Gasteiger charge is -2.20. The first-order valence-electron chi connectivity index (χ1n) is 6.58. The molecule has 1 rings (SSSR count). The molecule has 108 valence electrons. The molecule has 1 aromatic rings. The normalized spacial score (nSPS) is 10.3. The maximum Gasteiger partial charge on any atom is 0.252 e. The summed E-state index contributed by atoms with van der Waals surface area (Å²) in [6.45, 7) is 5.32. The number of aliphatic hydroxyl groups is 1. The smallest absolute Gasteiger partial charge is 0.252 e. The van der Waals surface area contributed by atoms with Gasteiger partial charge in [0.25, 0.3) is 5.91 Å². The highest BCUT2D eigenvalue weighted by atomic mass is 16.2. The van der Waals surface area contributed by atoms with Gasteiger partial charge in [0, 0.05) is 31.5 Å². The van der Waals surface area contributed by atoms with Crippen molar-refractivity contribution in [1.82, 2.24) is 15.2 Å². The van der Waals surface area contributed by atoms with E-state index in [0.717, 1.165) is 6.54 Å². The first-order chi connectivity index (χ1) is 9.56. The number of pyridine rings is 1. The Kier molecular flexibility index (Phi) is 6.71. The third-order valence-corrected chi connectivity index (χ3v) is 3.00. The summed E-state index contributed by atoms with van der Waals surface area (Å²) in [6.07, 6.45) is 3.08. The molecule has 0 aromatic carbocycles. The van der Waals surface area contributed by atoms with E-state index in [1.54, 1.807) is 12.3 Å².